The average Bonchev–Trinajstić information content (AvgIpc) is 3.51. The maximum Gasteiger partial charge on any atom is 0.254 e. The van der Waals surface area contributed by atoms with E-state index >= 15 is 0 Å². The number of aryl methyl sites for hydroxylation is 1. The van der Waals surface area contributed by atoms with Crippen molar-refractivity contribution < 1.29 is 14.7 Å². The number of piperidine rings is 1. The molecule has 1 N–H and O–H groups in total. The van der Waals surface area contributed by atoms with E-state index in [1.807, 2.05) is 65.1 Å². The van der Waals surface area contributed by atoms with Crippen LogP contribution in [0.1, 0.15) is 34.5 Å². The van der Waals surface area contributed by atoms with Crippen LogP contribution in [0.4, 0.5) is 0 Å². The van der Waals surface area contributed by atoms with Gasteiger partial charge in [-0.15, -0.1) is 0 Å². The summed E-state index contributed by atoms with van der Waals surface area (Å²) in [6.45, 7) is 3.95. The molecule has 0 bridgehead atoms. The van der Waals surface area contributed by atoms with Gasteiger partial charge < -0.3 is 24.3 Å². The van der Waals surface area contributed by atoms with Crippen LogP contribution in [0.2, 0.25) is 0 Å². The van der Waals surface area contributed by atoms with Gasteiger partial charge in [-0.05, 0) is 61.2 Å². The summed E-state index contributed by atoms with van der Waals surface area (Å²) < 4.78 is 1.81. The van der Waals surface area contributed by atoms with Crippen molar-refractivity contribution in [3.05, 3.63) is 83.4 Å². The van der Waals surface area contributed by atoms with Crippen molar-refractivity contribution in [2.45, 2.75) is 31.9 Å². The van der Waals surface area contributed by atoms with Gasteiger partial charge in [-0.1, -0.05) is 29.4 Å². The number of fused-ring (bicyclic) bond motifs is 3. The number of carbonyl (C=O) groups is 1. The van der Waals surface area contributed by atoms with Gasteiger partial charge in [0.25, 0.3) is 5.91 Å². The van der Waals surface area contributed by atoms with Gasteiger partial charge in [-0.3, -0.25) is 4.79 Å². The molecule has 0 radical (unpaired) electrons. The number of phenols is 1. The highest BCUT2D eigenvalue weighted by atomic mass is 16.6. The van der Waals surface area contributed by atoms with Gasteiger partial charge in [-0.25, -0.2) is 4.98 Å². The number of amidine groups is 1. The number of oxime groups is 1. The largest absolute Gasteiger partial charge is 0.506 e. The molecule has 0 spiro atoms. The van der Waals surface area contributed by atoms with Gasteiger partial charge in [0.15, 0.2) is 11.9 Å². The van der Waals surface area contributed by atoms with Crippen molar-refractivity contribution in [3.8, 4) is 11.4 Å². The van der Waals surface area contributed by atoms with Crippen LogP contribution in [0.25, 0.3) is 11.8 Å². The first kappa shape index (κ1) is 21.5. The second-order valence-electron chi connectivity index (χ2n) is 9.34. The Morgan fingerprint density at radius 3 is 2.80 bits per heavy atom. The predicted molar refractivity (Wildman–Crippen MR) is 132 cm³/mol. The van der Waals surface area contributed by atoms with E-state index in [4.69, 9.17) is 4.84 Å². The van der Waals surface area contributed by atoms with Gasteiger partial charge in [0.2, 0.25) is 0 Å². The summed E-state index contributed by atoms with van der Waals surface area (Å²) in [5.74, 6) is 1.05. The molecular formula is C27H27N5O3. The molecule has 2 fully saturated rings. The summed E-state index contributed by atoms with van der Waals surface area (Å²) in [5.41, 5.74) is 4.25. The lowest BCUT2D eigenvalue weighted by Crippen LogP contribution is -2.53. The van der Waals surface area contributed by atoms with Gasteiger partial charge in [0, 0.05) is 24.8 Å². The zero-order valence-electron chi connectivity index (χ0n) is 19.5. The van der Waals surface area contributed by atoms with E-state index in [0.29, 0.717) is 24.3 Å². The average molecular weight is 470 g/mol. The number of benzene rings is 2. The maximum absolute atomic E-state index is 13.0. The van der Waals surface area contributed by atoms with Crippen LogP contribution in [0.5, 0.6) is 5.75 Å². The Morgan fingerprint density at radius 1 is 1.17 bits per heavy atom. The lowest BCUT2D eigenvalue weighted by Gasteiger charge is -2.40. The van der Waals surface area contributed by atoms with E-state index in [1.165, 1.54) is 0 Å². The third kappa shape index (κ3) is 3.95. The Labute approximate surface area is 203 Å². The molecule has 8 heteroatoms. The highest BCUT2D eigenvalue weighted by Gasteiger charge is 2.45. The summed E-state index contributed by atoms with van der Waals surface area (Å²) in [5, 5.41) is 15.1. The fourth-order valence-corrected chi connectivity index (χ4v) is 5.22. The number of imidazole rings is 1. The Morgan fingerprint density at radius 2 is 2.03 bits per heavy atom. The fourth-order valence-electron chi connectivity index (χ4n) is 5.22. The van der Waals surface area contributed by atoms with Crippen molar-refractivity contribution in [3.63, 3.8) is 0 Å². The van der Waals surface area contributed by atoms with Crippen molar-refractivity contribution in [1.29, 1.82) is 0 Å². The number of likely N-dealkylation sites (tertiary alicyclic amines) is 1. The third-order valence-corrected chi connectivity index (χ3v) is 6.95. The molecule has 0 saturated carbocycles. The molecule has 2 saturated heterocycles. The Bertz CT molecular complexity index is 1330. The zero-order valence-corrected chi connectivity index (χ0v) is 19.5. The number of phenolic OH excluding ortho intramolecular Hbond substituents is 1. The monoisotopic (exact) mass is 469 g/mol. The third-order valence-electron chi connectivity index (χ3n) is 6.95. The summed E-state index contributed by atoms with van der Waals surface area (Å²) >= 11 is 0. The SMILES string of the molecule is Cc1cn(-c2ccc(/C=C3\CCCN4C3=NOC3CN(C(=O)c5ccccc5)CC34)cc2O)cn1. The molecule has 2 atom stereocenters. The van der Waals surface area contributed by atoms with E-state index in [0.717, 1.165) is 42.1 Å². The molecule has 8 nitrogen and oxygen atoms in total. The van der Waals surface area contributed by atoms with Crippen LogP contribution in [-0.2, 0) is 4.84 Å². The van der Waals surface area contributed by atoms with Gasteiger partial charge in [-0.2, -0.15) is 0 Å². The molecule has 35 heavy (non-hydrogen) atoms. The number of hydrogen-bond donors (Lipinski definition) is 1. The second kappa shape index (κ2) is 8.61. The number of aromatic hydroxyl groups is 1. The van der Waals surface area contributed by atoms with Gasteiger partial charge in [0.1, 0.15) is 5.75 Å². The molecule has 4 heterocycles. The first-order chi connectivity index (χ1) is 17.1. The number of hydrogen-bond acceptors (Lipinski definition) is 6. The summed E-state index contributed by atoms with van der Waals surface area (Å²) in [6, 6.07) is 15.1. The van der Waals surface area contributed by atoms with Crippen molar-refractivity contribution in [2.75, 3.05) is 19.6 Å². The highest BCUT2D eigenvalue weighted by molar-refractivity contribution is 6.03. The first-order valence-electron chi connectivity index (χ1n) is 12.0. The Kier molecular flexibility index (Phi) is 5.28. The normalized spacial score (nSPS) is 22.4. The summed E-state index contributed by atoms with van der Waals surface area (Å²) in [7, 11) is 0. The molecule has 0 aliphatic carbocycles. The molecule has 2 aromatic carbocycles. The van der Waals surface area contributed by atoms with E-state index < -0.39 is 0 Å². The molecule has 178 valence electrons. The standard InChI is InChI=1S/C27H27N5O3/c1-18-14-31(17-28-18)22-10-9-19(13-24(22)33)12-21-8-5-11-32-23-15-30(16-25(23)35-29-26(21)32)27(34)20-6-3-2-4-7-20/h2-4,6-7,9-10,12-14,17,23,25,33H,5,8,11,15-16H2,1H3/b21-12+. The molecule has 1 aromatic heterocycles. The number of carbonyl (C=O) groups excluding carboxylic acids is 1. The molecular weight excluding hydrogens is 442 g/mol. The molecule has 3 aromatic rings. The minimum atomic E-state index is -0.132. The van der Waals surface area contributed by atoms with Crippen molar-refractivity contribution in [2.24, 2.45) is 5.16 Å². The van der Waals surface area contributed by atoms with Crippen molar-refractivity contribution >= 4 is 17.8 Å². The number of rotatable bonds is 3. The lowest BCUT2D eigenvalue weighted by molar-refractivity contribution is 0.00501. The van der Waals surface area contributed by atoms with E-state index in [9.17, 15) is 9.90 Å². The molecule has 3 aliphatic rings. The number of amides is 1. The Balaban J connectivity index is 1.22. The van der Waals surface area contributed by atoms with Crippen LogP contribution >= 0.6 is 0 Å². The topological polar surface area (TPSA) is 83.2 Å². The minimum Gasteiger partial charge on any atom is -0.506 e. The van der Waals surface area contributed by atoms with E-state index in [1.54, 1.807) is 12.4 Å². The molecule has 1 amide bonds. The summed E-state index contributed by atoms with van der Waals surface area (Å²) in [4.78, 5) is 27.3. The molecule has 6 rings (SSSR count). The predicted octanol–water partition coefficient (Wildman–Crippen LogP) is 3.60. The second-order valence-corrected chi connectivity index (χ2v) is 9.34. The van der Waals surface area contributed by atoms with Crippen LogP contribution in [0.3, 0.4) is 0 Å². The van der Waals surface area contributed by atoms with Crippen LogP contribution in [0.15, 0.2) is 71.8 Å². The summed E-state index contributed by atoms with van der Waals surface area (Å²) in [6.07, 6.45) is 7.39. The quantitative estimate of drug-likeness (QED) is 0.634. The smallest absolute Gasteiger partial charge is 0.254 e. The van der Waals surface area contributed by atoms with E-state index in [-0.39, 0.29) is 23.8 Å². The maximum atomic E-state index is 13.0. The molecule has 2 unspecified atom stereocenters. The zero-order chi connectivity index (χ0) is 23.9. The van der Waals surface area contributed by atoms with Gasteiger partial charge >= 0.3 is 0 Å². The van der Waals surface area contributed by atoms with Crippen molar-refractivity contribution in [1.82, 2.24) is 19.4 Å². The number of aromatic nitrogens is 2. The van der Waals surface area contributed by atoms with Crippen LogP contribution < -0.4 is 0 Å². The highest BCUT2D eigenvalue weighted by Crippen LogP contribution is 2.33. The van der Waals surface area contributed by atoms with Crippen LogP contribution in [-0.4, -0.2) is 68.0 Å². The lowest BCUT2D eigenvalue weighted by atomic mass is 9.97. The number of nitrogens with zero attached hydrogens (tertiary/aromatic N) is 5. The van der Waals surface area contributed by atoms with Gasteiger partial charge in [0.05, 0.1) is 30.3 Å². The van der Waals surface area contributed by atoms with Crippen LogP contribution in [0, 0.1) is 6.92 Å². The fraction of sp³-hybridized carbons (Fsp3) is 0.296. The first-order valence-corrected chi connectivity index (χ1v) is 12.0. The Hall–Kier alpha value is -4.07. The molecule has 3 aliphatic heterocycles. The van der Waals surface area contributed by atoms with E-state index in [2.05, 4.69) is 21.1 Å². The minimum absolute atomic E-state index is 0.0292.